The first-order valence-electron chi connectivity index (χ1n) is 7.48. The van der Waals surface area contributed by atoms with Gasteiger partial charge in [0.05, 0.1) is 6.10 Å². The van der Waals surface area contributed by atoms with E-state index in [4.69, 9.17) is 14.3 Å². The van der Waals surface area contributed by atoms with Crippen molar-refractivity contribution in [1.82, 2.24) is 10.2 Å². The normalized spacial score (nSPS) is 26.5. The molecule has 3 atom stereocenters. The summed E-state index contributed by atoms with van der Waals surface area (Å²) in [6.45, 7) is 6.35. The van der Waals surface area contributed by atoms with E-state index >= 15 is 0 Å². The number of carbonyl (C=O) groups is 3. The van der Waals surface area contributed by atoms with Gasteiger partial charge < -0.3 is 24.7 Å². The SMILES string of the molecule is C=O.CC(C)CC(=O)OCC1OC(N2C=CCNC2=O)CC1O. The van der Waals surface area contributed by atoms with Crippen LogP contribution in [0, 0.1) is 5.92 Å². The number of hydrogen-bond acceptors (Lipinski definition) is 6. The van der Waals surface area contributed by atoms with Gasteiger partial charge in [-0.15, -0.1) is 0 Å². The molecule has 3 unspecified atom stereocenters. The minimum Gasteiger partial charge on any atom is -0.463 e. The lowest BCUT2D eigenvalue weighted by molar-refractivity contribution is -0.151. The second kappa shape index (κ2) is 9.26. The topological polar surface area (TPSA) is 105 Å². The van der Waals surface area contributed by atoms with Crippen molar-refractivity contribution in [3.63, 3.8) is 0 Å². The minimum atomic E-state index is -0.759. The molecular formula is C15H24N2O6. The Morgan fingerprint density at radius 2 is 2.26 bits per heavy atom. The number of urea groups is 1. The molecule has 2 amide bonds. The maximum atomic E-state index is 11.7. The van der Waals surface area contributed by atoms with Crippen molar-refractivity contribution in [3.8, 4) is 0 Å². The molecule has 0 aromatic heterocycles. The van der Waals surface area contributed by atoms with Crippen molar-refractivity contribution >= 4 is 18.8 Å². The lowest BCUT2D eigenvalue weighted by Gasteiger charge is -2.27. The molecule has 2 N–H and O–H groups in total. The van der Waals surface area contributed by atoms with Gasteiger partial charge >= 0.3 is 12.0 Å². The van der Waals surface area contributed by atoms with E-state index in [0.717, 1.165) is 0 Å². The fraction of sp³-hybridized carbons (Fsp3) is 0.667. The Kier molecular flexibility index (Phi) is 7.70. The van der Waals surface area contributed by atoms with E-state index in [0.29, 0.717) is 19.4 Å². The highest BCUT2D eigenvalue weighted by molar-refractivity contribution is 5.76. The summed E-state index contributed by atoms with van der Waals surface area (Å²) in [6, 6.07) is -0.257. The van der Waals surface area contributed by atoms with Gasteiger partial charge in [-0.05, 0) is 12.0 Å². The van der Waals surface area contributed by atoms with E-state index in [-0.39, 0.29) is 24.5 Å². The standard InChI is InChI=1S/C14H22N2O5.CH2O/c1-9(2)6-13(18)20-8-11-10(17)7-12(21-11)16-5-3-4-15-14(16)19;1-2/h3,5,9-12,17H,4,6-8H2,1-2H3,(H,15,19);1H2. The monoisotopic (exact) mass is 328 g/mol. The maximum absolute atomic E-state index is 11.7. The molecule has 2 heterocycles. The molecule has 2 rings (SSSR count). The largest absolute Gasteiger partial charge is 0.463 e. The third-order valence-corrected chi connectivity index (χ3v) is 3.37. The summed E-state index contributed by atoms with van der Waals surface area (Å²) < 4.78 is 10.7. The number of nitrogens with one attached hydrogen (secondary N) is 1. The number of amides is 2. The molecule has 8 nitrogen and oxygen atoms in total. The molecule has 0 aromatic rings. The smallest absolute Gasteiger partial charge is 0.323 e. The number of rotatable bonds is 5. The molecule has 0 aromatic carbocycles. The third-order valence-electron chi connectivity index (χ3n) is 3.37. The molecule has 130 valence electrons. The molecule has 8 heteroatoms. The number of carbonyl (C=O) groups excluding carboxylic acids is 3. The van der Waals surface area contributed by atoms with Crippen molar-refractivity contribution < 1.29 is 29.0 Å². The van der Waals surface area contributed by atoms with Crippen LogP contribution in [0.1, 0.15) is 26.7 Å². The maximum Gasteiger partial charge on any atom is 0.323 e. The van der Waals surface area contributed by atoms with E-state index in [1.54, 1.807) is 12.3 Å². The van der Waals surface area contributed by atoms with Gasteiger partial charge in [-0.1, -0.05) is 13.8 Å². The predicted octanol–water partition coefficient (Wildman–Crippen LogP) is 0.406. The highest BCUT2D eigenvalue weighted by Crippen LogP contribution is 2.25. The van der Waals surface area contributed by atoms with Gasteiger partial charge in [-0.2, -0.15) is 0 Å². The van der Waals surface area contributed by atoms with Crippen LogP contribution in [0.2, 0.25) is 0 Å². The van der Waals surface area contributed by atoms with Crippen molar-refractivity contribution in [1.29, 1.82) is 0 Å². The molecular weight excluding hydrogens is 304 g/mol. The quantitative estimate of drug-likeness (QED) is 0.708. The molecule has 0 spiro atoms. The summed E-state index contributed by atoms with van der Waals surface area (Å²) in [5.41, 5.74) is 0. The van der Waals surface area contributed by atoms with Crippen LogP contribution in [-0.2, 0) is 19.1 Å². The lowest BCUT2D eigenvalue weighted by Crippen LogP contribution is -2.45. The van der Waals surface area contributed by atoms with Crippen molar-refractivity contribution in [2.24, 2.45) is 5.92 Å². The summed E-state index contributed by atoms with van der Waals surface area (Å²) in [4.78, 5) is 32.6. The minimum absolute atomic E-state index is 0.00237. The molecule has 2 aliphatic rings. The van der Waals surface area contributed by atoms with Crippen molar-refractivity contribution in [2.75, 3.05) is 13.2 Å². The van der Waals surface area contributed by atoms with E-state index < -0.39 is 18.4 Å². The number of aliphatic hydroxyl groups is 1. The van der Waals surface area contributed by atoms with Crippen LogP contribution in [0.4, 0.5) is 4.79 Å². The fourth-order valence-corrected chi connectivity index (χ4v) is 2.30. The Bertz CT molecular complexity index is 440. The fourth-order valence-electron chi connectivity index (χ4n) is 2.30. The zero-order chi connectivity index (χ0) is 17.4. The molecule has 0 bridgehead atoms. The molecule has 0 saturated carbocycles. The zero-order valence-corrected chi connectivity index (χ0v) is 13.4. The number of esters is 1. The molecule has 2 aliphatic heterocycles. The van der Waals surface area contributed by atoms with Gasteiger partial charge in [0.15, 0.2) is 0 Å². The summed E-state index contributed by atoms with van der Waals surface area (Å²) >= 11 is 0. The van der Waals surface area contributed by atoms with Crippen LogP contribution in [-0.4, -0.2) is 60.4 Å². The third kappa shape index (κ3) is 5.65. The van der Waals surface area contributed by atoms with Gasteiger partial charge in [0.2, 0.25) is 0 Å². The Morgan fingerprint density at radius 1 is 1.57 bits per heavy atom. The van der Waals surface area contributed by atoms with Crippen LogP contribution < -0.4 is 5.32 Å². The van der Waals surface area contributed by atoms with Crippen LogP contribution in [0.5, 0.6) is 0 Å². The Hall–Kier alpha value is -1.93. The first kappa shape index (κ1) is 19.1. The van der Waals surface area contributed by atoms with Crippen LogP contribution >= 0.6 is 0 Å². The Balaban J connectivity index is 0.00000127. The number of hydrogen-bond donors (Lipinski definition) is 2. The number of aliphatic hydroxyl groups excluding tert-OH is 1. The number of ether oxygens (including phenoxy) is 2. The zero-order valence-electron chi connectivity index (χ0n) is 13.4. The van der Waals surface area contributed by atoms with Crippen molar-refractivity contribution in [2.45, 2.75) is 45.1 Å². The average Bonchev–Trinajstić information content (AvgIpc) is 2.88. The highest BCUT2D eigenvalue weighted by Gasteiger charge is 2.39. The molecule has 0 aliphatic carbocycles. The van der Waals surface area contributed by atoms with Gasteiger partial charge in [0, 0.05) is 25.6 Å². The van der Waals surface area contributed by atoms with Crippen LogP contribution in [0.3, 0.4) is 0 Å². The Labute approximate surface area is 135 Å². The van der Waals surface area contributed by atoms with Gasteiger partial charge in [-0.25, -0.2) is 4.79 Å². The van der Waals surface area contributed by atoms with E-state index in [9.17, 15) is 14.7 Å². The van der Waals surface area contributed by atoms with Gasteiger partial charge in [0.25, 0.3) is 0 Å². The first-order chi connectivity index (χ1) is 11.0. The Morgan fingerprint density at radius 3 is 2.87 bits per heavy atom. The summed E-state index contributed by atoms with van der Waals surface area (Å²) in [5, 5.41) is 12.6. The van der Waals surface area contributed by atoms with E-state index in [1.165, 1.54) is 4.90 Å². The molecule has 0 radical (unpaired) electrons. The average molecular weight is 328 g/mol. The molecule has 1 fully saturated rings. The van der Waals surface area contributed by atoms with Crippen molar-refractivity contribution in [3.05, 3.63) is 12.3 Å². The lowest BCUT2D eigenvalue weighted by atomic mass is 10.1. The molecule has 23 heavy (non-hydrogen) atoms. The predicted molar refractivity (Wildman–Crippen MR) is 81.2 cm³/mol. The summed E-state index contributed by atoms with van der Waals surface area (Å²) in [6.07, 6.45) is 2.18. The van der Waals surface area contributed by atoms with E-state index in [1.807, 2.05) is 20.6 Å². The number of nitrogens with zero attached hydrogens (tertiary/aromatic N) is 1. The second-order valence-electron chi connectivity index (χ2n) is 5.69. The first-order valence-corrected chi connectivity index (χ1v) is 7.48. The summed E-state index contributed by atoms with van der Waals surface area (Å²) in [5.74, 6) is -0.0817. The van der Waals surface area contributed by atoms with Gasteiger partial charge in [0.1, 0.15) is 25.7 Å². The highest BCUT2D eigenvalue weighted by atomic mass is 16.6. The van der Waals surface area contributed by atoms with Crippen LogP contribution in [0.15, 0.2) is 12.3 Å². The molecule has 1 saturated heterocycles. The van der Waals surface area contributed by atoms with Crippen LogP contribution in [0.25, 0.3) is 0 Å². The summed E-state index contributed by atoms with van der Waals surface area (Å²) in [7, 11) is 0. The van der Waals surface area contributed by atoms with E-state index in [2.05, 4.69) is 5.32 Å². The second-order valence-corrected chi connectivity index (χ2v) is 5.69. The van der Waals surface area contributed by atoms with Gasteiger partial charge in [-0.3, -0.25) is 9.69 Å².